The van der Waals surface area contributed by atoms with Gasteiger partial charge in [-0.2, -0.15) is 0 Å². The molecule has 1 heterocycles. The molecule has 0 bridgehead atoms. The van der Waals surface area contributed by atoms with Crippen molar-refractivity contribution in [2.45, 2.75) is 13.3 Å². The van der Waals surface area contributed by atoms with E-state index in [2.05, 4.69) is 26.1 Å². The Balaban J connectivity index is 1.52. The van der Waals surface area contributed by atoms with Gasteiger partial charge in [-0.25, -0.2) is 4.79 Å². The normalized spacial score (nSPS) is 10.3. The van der Waals surface area contributed by atoms with Crippen molar-refractivity contribution in [2.24, 2.45) is 0 Å². The summed E-state index contributed by atoms with van der Waals surface area (Å²) in [5.41, 5.74) is 2.38. The molecule has 27 heavy (non-hydrogen) atoms. The summed E-state index contributed by atoms with van der Waals surface area (Å²) in [4.78, 5) is 24.1. The Morgan fingerprint density at radius 2 is 1.78 bits per heavy atom. The third kappa shape index (κ3) is 5.77. The number of halogens is 1. The predicted molar refractivity (Wildman–Crippen MR) is 108 cm³/mol. The number of aromatic nitrogens is 2. The number of amides is 3. The lowest BCUT2D eigenvalue weighted by atomic mass is 10.2. The molecule has 0 atom stereocenters. The maximum atomic E-state index is 12.1. The molecule has 0 spiro atoms. The first-order valence-electron chi connectivity index (χ1n) is 8.00. The van der Waals surface area contributed by atoms with Crippen LogP contribution in [0.2, 0.25) is 5.02 Å². The highest BCUT2D eigenvalue weighted by atomic mass is 35.5. The zero-order valence-corrected chi connectivity index (χ0v) is 15.9. The van der Waals surface area contributed by atoms with Gasteiger partial charge >= 0.3 is 6.03 Å². The number of anilines is 3. The van der Waals surface area contributed by atoms with Crippen molar-refractivity contribution in [1.82, 2.24) is 10.2 Å². The molecule has 0 aliphatic carbocycles. The molecule has 3 aromatic rings. The van der Waals surface area contributed by atoms with Gasteiger partial charge in [-0.1, -0.05) is 35.1 Å². The van der Waals surface area contributed by atoms with Crippen LogP contribution in [-0.4, -0.2) is 22.1 Å². The number of rotatable bonds is 5. The fourth-order valence-corrected chi connectivity index (χ4v) is 3.09. The molecule has 0 radical (unpaired) electrons. The highest BCUT2D eigenvalue weighted by Crippen LogP contribution is 2.18. The molecule has 7 nitrogen and oxygen atoms in total. The van der Waals surface area contributed by atoms with Gasteiger partial charge < -0.3 is 10.6 Å². The fraction of sp³-hybridized carbons (Fsp3) is 0.111. The fourth-order valence-electron chi connectivity index (χ4n) is 2.23. The molecule has 138 valence electrons. The van der Waals surface area contributed by atoms with Crippen molar-refractivity contribution in [3.8, 4) is 0 Å². The minimum Gasteiger partial charge on any atom is -0.326 e. The van der Waals surface area contributed by atoms with Gasteiger partial charge in [0.15, 0.2) is 0 Å². The molecule has 0 unspecified atom stereocenters. The van der Waals surface area contributed by atoms with Gasteiger partial charge in [0.2, 0.25) is 11.0 Å². The van der Waals surface area contributed by atoms with E-state index in [0.717, 1.165) is 22.6 Å². The van der Waals surface area contributed by atoms with Crippen molar-refractivity contribution in [2.75, 3.05) is 16.0 Å². The molecular weight excluding hydrogens is 386 g/mol. The lowest BCUT2D eigenvalue weighted by molar-refractivity contribution is -0.115. The maximum Gasteiger partial charge on any atom is 0.325 e. The second kappa shape index (κ2) is 8.61. The van der Waals surface area contributed by atoms with Gasteiger partial charge in [0.05, 0.1) is 6.42 Å². The molecular formula is C18H16ClN5O2S. The minimum absolute atomic E-state index is 0.0755. The van der Waals surface area contributed by atoms with Crippen LogP contribution in [0.15, 0.2) is 48.5 Å². The number of carbonyl (C=O) groups is 2. The average molecular weight is 402 g/mol. The zero-order chi connectivity index (χ0) is 19.2. The van der Waals surface area contributed by atoms with Gasteiger partial charge in [-0.05, 0) is 48.9 Å². The Bertz CT molecular complexity index is 958. The third-order valence-corrected chi connectivity index (χ3v) is 4.49. The Labute approximate surface area is 164 Å². The van der Waals surface area contributed by atoms with E-state index in [1.54, 1.807) is 24.3 Å². The van der Waals surface area contributed by atoms with Crippen molar-refractivity contribution in [1.29, 1.82) is 0 Å². The summed E-state index contributed by atoms with van der Waals surface area (Å²) in [5, 5.41) is 17.3. The topological polar surface area (TPSA) is 96.0 Å². The molecule has 0 saturated carbocycles. The van der Waals surface area contributed by atoms with Crippen LogP contribution in [0.5, 0.6) is 0 Å². The van der Waals surface area contributed by atoms with E-state index in [4.69, 9.17) is 11.6 Å². The first-order chi connectivity index (χ1) is 13.0. The van der Waals surface area contributed by atoms with Crippen LogP contribution in [0.3, 0.4) is 0 Å². The molecule has 1 aromatic heterocycles. The highest BCUT2D eigenvalue weighted by Gasteiger charge is 2.12. The third-order valence-electron chi connectivity index (χ3n) is 3.40. The van der Waals surface area contributed by atoms with E-state index in [0.29, 0.717) is 20.8 Å². The van der Waals surface area contributed by atoms with Gasteiger partial charge in [0.25, 0.3) is 0 Å². The molecule has 0 aliphatic heterocycles. The number of urea groups is 1. The van der Waals surface area contributed by atoms with Crippen molar-refractivity contribution in [3.05, 3.63) is 64.1 Å². The van der Waals surface area contributed by atoms with E-state index < -0.39 is 6.03 Å². The summed E-state index contributed by atoms with van der Waals surface area (Å²) in [5.74, 6) is -0.200. The standard InChI is InChI=1S/C18H16ClN5O2S/c1-11-3-2-4-14(9-11)20-15(25)10-16-23-24-18(27-16)22-17(26)21-13-7-5-12(19)6-8-13/h2-9H,10H2,1H3,(H,20,25)(H2,21,22,24,26). The van der Waals surface area contributed by atoms with E-state index in [9.17, 15) is 9.59 Å². The number of benzene rings is 2. The largest absolute Gasteiger partial charge is 0.326 e. The van der Waals surface area contributed by atoms with E-state index >= 15 is 0 Å². The number of aryl methyl sites for hydroxylation is 1. The van der Waals surface area contributed by atoms with E-state index in [1.807, 2.05) is 31.2 Å². The number of nitrogens with zero attached hydrogens (tertiary/aromatic N) is 2. The molecule has 9 heteroatoms. The number of nitrogens with one attached hydrogen (secondary N) is 3. The van der Waals surface area contributed by atoms with Crippen molar-refractivity contribution >= 4 is 51.4 Å². The minimum atomic E-state index is -0.454. The summed E-state index contributed by atoms with van der Waals surface area (Å²) in [7, 11) is 0. The number of carbonyl (C=O) groups excluding carboxylic acids is 2. The van der Waals surface area contributed by atoms with Crippen LogP contribution in [0, 0.1) is 6.92 Å². The van der Waals surface area contributed by atoms with Crippen LogP contribution in [0.25, 0.3) is 0 Å². The number of hydrogen-bond acceptors (Lipinski definition) is 5. The first-order valence-corrected chi connectivity index (χ1v) is 9.20. The van der Waals surface area contributed by atoms with Crippen LogP contribution in [0.1, 0.15) is 10.6 Å². The lowest BCUT2D eigenvalue weighted by Gasteiger charge is -2.05. The summed E-state index contributed by atoms with van der Waals surface area (Å²) in [6, 6.07) is 13.8. The molecule has 0 aliphatic rings. The smallest absolute Gasteiger partial charge is 0.325 e. The highest BCUT2D eigenvalue weighted by molar-refractivity contribution is 7.15. The van der Waals surface area contributed by atoms with Gasteiger partial charge in [0.1, 0.15) is 5.01 Å². The van der Waals surface area contributed by atoms with E-state index in [-0.39, 0.29) is 12.3 Å². The predicted octanol–water partition coefficient (Wildman–Crippen LogP) is 4.33. The molecule has 3 amide bonds. The Kier molecular flexibility index (Phi) is 6.00. The zero-order valence-electron chi connectivity index (χ0n) is 14.3. The molecule has 0 saturated heterocycles. The Morgan fingerprint density at radius 3 is 2.52 bits per heavy atom. The maximum absolute atomic E-state index is 12.1. The lowest BCUT2D eigenvalue weighted by Crippen LogP contribution is -2.19. The summed E-state index contributed by atoms with van der Waals surface area (Å²) in [6.45, 7) is 1.95. The van der Waals surface area contributed by atoms with Gasteiger partial charge in [-0.3, -0.25) is 10.1 Å². The Hall–Kier alpha value is -2.97. The quantitative estimate of drug-likeness (QED) is 0.593. The van der Waals surface area contributed by atoms with Crippen LogP contribution < -0.4 is 16.0 Å². The average Bonchev–Trinajstić information content (AvgIpc) is 3.03. The SMILES string of the molecule is Cc1cccc(NC(=O)Cc2nnc(NC(=O)Nc3ccc(Cl)cc3)s2)c1. The van der Waals surface area contributed by atoms with Crippen LogP contribution >= 0.6 is 22.9 Å². The Morgan fingerprint density at radius 1 is 1.00 bits per heavy atom. The second-order valence-electron chi connectivity index (χ2n) is 5.68. The summed E-state index contributed by atoms with van der Waals surface area (Å²) >= 11 is 6.94. The van der Waals surface area contributed by atoms with Crippen molar-refractivity contribution in [3.63, 3.8) is 0 Å². The van der Waals surface area contributed by atoms with Crippen LogP contribution in [-0.2, 0) is 11.2 Å². The second-order valence-corrected chi connectivity index (χ2v) is 7.18. The summed E-state index contributed by atoms with van der Waals surface area (Å²) in [6.07, 6.45) is 0.0755. The van der Waals surface area contributed by atoms with Crippen molar-refractivity contribution < 1.29 is 9.59 Å². The monoisotopic (exact) mass is 401 g/mol. The van der Waals surface area contributed by atoms with Gasteiger partial charge in [-0.15, -0.1) is 10.2 Å². The van der Waals surface area contributed by atoms with Gasteiger partial charge in [0, 0.05) is 16.4 Å². The molecule has 0 fully saturated rings. The molecule has 2 aromatic carbocycles. The molecule has 3 N–H and O–H groups in total. The first kappa shape index (κ1) is 18.8. The molecule has 3 rings (SSSR count). The summed E-state index contributed by atoms with van der Waals surface area (Å²) < 4.78 is 0. The van der Waals surface area contributed by atoms with Crippen LogP contribution in [0.4, 0.5) is 21.3 Å². The number of hydrogen-bond donors (Lipinski definition) is 3. The van der Waals surface area contributed by atoms with E-state index in [1.165, 1.54) is 0 Å².